The van der Waals surface area contributed by atoms with E-state index in [1.807, 2.05) is 0 Å². The van der Waals surface area contributed by atoms with Gasteiger partial charge in [0, 0.05) is 0 Å². The highest BCUT2D eigenvalue weighted by atomic mass is 35.5. The molecular weight excluding hydrogens is 114 g/mol. The van der Waals surface area contributed by atoms with Gasteiger partial charge in [0.2, 0.25) is 0 Å². The van der Waals surface area contributed by atoms with Gasteiger partial charge in [-0.15, -0.1) is 19.7 Å². The molecule has 0 N–H and O–H groups in total. The summed E-state index contributed by atoms with van der Waals surface area (Å²) >= 11 is 0. The van der Waals surface area contributed by atoms with Crippen LogP contribution in [-0.2, 0) is 0 Å². The zero-order chi connectivity index (χ0) is 4.50. The predicted molar refractivity (Wildman–Crippen MR) is 37.9 cm³/mol. The molecule has 0 aliphatic carbocycles. The second kappa shape index (κ2) is 2.82. The fourth-order valence-corrected chi connectivity index (χ4v) is 0. The summed E-state index contributed by atoms with van der Waals surface area (Å²) < 4.78 is 0. The van der Waals surface area contributed by atoms with Gasteiger partial charge < -0.3 is 0 Å². The molecule has 0 heterocycles. The molecule has 0 aromatic rings. The molecule has 6 heavy (non-hydrogen) atoms. The van der Waals surface area contributed by atoms with Crippen LogP contribution in [0, 0.1) is 0 Å². The van der Waals surface area contributed by atoms with Crippen molar-refractivity contribution < 1.29 is 0 Å². The van der Waals surface area contributed by atoms with Gasteiger partial charge in [0.1, 0.15) is 0 Å². The highest BCUT2D eigenvalue weighted by Gasteiger charge is 1.91. The Balaban J connectivity index is 0. The van der Waals surface area contributed by atoms with E-state index in [0.717, 1.165) is 0 Å². The van der Waals surface area contributed by atoms with E-state index in [0.29, 0.717) is 0 Å². The molecule has 1 radical (unpaired) electrons. The molecule has 0 nitrogen and oxygen atoms in total. The average Bonchev–Trinajstić information content (AvgIpc) is 0.722. The summed E-state index contributed by atoms with van der Waals surface area (Å²) in [6.45, 7) is 9.19. The lowest BCUT2D eigenvalue weighted by molar-refractivity contribution is 1.95. The molecule has 2 heteroatoms. The van der Waals surface area contributed by atoms with Gasteiger partial charge in [-0.05, 0) is 26.7 Å². The van der Waals surface area contributed by atoms with Crippen LogP contribution in [0.15, 0.2) is 0 Å². The third kappa shape index (κ3) is 126. The summed E-state index contributed by atoms with van der Waals surface area (Å²) in [5.41, 5.74) is 0. The normalized spacial score (nSPS) is 10.0. The second-order valence-corrected chi connectivity index (χ2v) is 8.05. The Kier molecular flexibility index (Phi) is 4.64. The minimum atomic E-state index is -0.389. The molecular formula is C4H13ClP. The topological polar surface area (TPSA) is 0 Å². The van der Waals surface area contributed by atoms with Crippen LogP contribution in [0.3, 0.4) is 0 Å². The van der Waals surface area contributed by atoms with Crippen LogP contribution in [0.5, 0.6) is 0 Å². The second-order valence-electron chi connectivity index (χ2n) is 2.68. The summed E-state index contributed by atoms with van der Waals surface area (Å²) in [5, 5.41) is 0. The van der Waals surface area contributed by atoms with Gasteiger partial charge in [-0.1, -0.05) is 0 Å². The number of hydrogen-bond donors (Lipinski definition) is 0. The summed E-state index contributed by atoms with van der Waals surface area (Å²) in [4.78, 5) is 0. The van der Waals surface area contributed by atoms with E-state index < -0.39 is 0 Å². The van der Waals surface area contributed by atoms with Crippen LogP contribution in [-0.4, -0.2) is 26.7 Å². The zero-order valence-corrected chi connectivity index (χ0v) is 6.57. The van der Waals surface area contributed by atoms with Crippen LogP contribution in [0.2, 0.25) is 0 Å². The third-order valence-corrected chi connectivity index (χ3v) is 0. The third-order valence-electron chi connectivity index (χ3n) is 0. The standard InChI is InChI=1S/C4H12P.ClH/c1-5(2,3)4;/h1-4H3;1H. The first-order valence-electron chi connectivity index (χ1n) is 1.79. The molecule has 0 aliphatic heterocycles. The van der Waals surface area contributed by atoms with Crippen LogP contribution in [0.1, 0.15) is 0 Å². The van der Waals surface area contributed by atoms with Crippen molar-refractivity contribution in [3.05, 3.63) is 0 Å². The van der Waals surface area contributed by atoms with Crippen molar-refractivity contribution in [2.24, 2.45) is 0 Å². The lowest BCUT2D eigenvalue weighted by atomic mass is 11.8. The van der Waals surface area contributed by atoms with E-state index in [1.165, 1.54) is 0 Å². The van der Waals surface area contributed by atoms with Gasteiger partial charge in [-0.3, -0.25) is 0 Å². The average molecular weight is 128 g/mol. The van der Waals surface area contributed by atoms with Crippen LogP contribution in [0.25, 0.3) is 0 Å². The van der Waals surface area contributed by atoms with Crippen LogP contribution >= 0.6 is 19.7 Å². The van der Waals surface area contributed by atoms with Gasteiger partial charge in [-0.25, -0.2) is 0 Å². The largest absolute Gasteiger partial charge is 0.147 e. The highest BCUT2D eigenvalue weighted by molar-refractivity contribution is 7.72. The van der Waals surface area contributed by atoms with Crippen LogP contribution < -0.4 is 0 Å². The lowest BCUT2D eigenvalue weighted by Gasteiger charge is -2.09. The Labute approximate surface area is 47.1 Å². The van der Waals surface area contributed by atoms with Gasteiger partial charge in [0.15, 0.2) is 0 Å². The molecule has 0 aromatic heterocycles. The molecule has 0 saturated carbocycles. The van der Waals surface area contributed by atoms with Gasteiger partial charge in [-0.2, -0.15) is 0 Å². The summed E-state index contributed by atoms with van der Waals surface area (Å²) in [6.07, 6.45) is 0. The number of hydrogen-bond acceptors (Lipinski definition) is 0. The molecule has 0 saturated heterocycles. The Morgan fingerprint density at radius 1 is 0.833 bits per heavy atom. The fraction of sp³-hybridized carbons (Fsp3) is 1.00. The maximum Gasteiger partial charge on any atom is -0.0485 e. The van der Waals surface area contributed by atoms with E-state index >= 15 is 0 Å². The first-order chi connectivity index (χ1) is 2.00. The summed E-state index contributed by atoms with van der Waals surface area (Å²) in [7, 11) is -0.389. The Morgan fingerprint density at radius 2 is 0.833 bits per heavy atom. The van der Waals surface area contributed by atoms with E-state index in [9.17, 15) is 0 Å². The molecule has 0 spiro atoms. The van der Waals surface area contributed by atoms with Gasteiger partial charge in [0.25, 0.3) is 0 Å². The Hall–Kier alpha value is 0.720. The van der Waals surface area contributed by atoms with Crippen molar-refractivity contribution in [2.45, 2.75) is 0 Å². The van der Waals surface area contributed by atoms with E-state index in [4.69, 9.17) is 0 Å². The maximum absolute atomic E-state index is 2.30. The molecule has 0 atom stereocenters. The SMILES string of the molecule is C[P](C)(C)C.Cl. The predicted octanol–water partition coefficient (Wildman–Crippen LogP) is 1.94. The van der Waals surface area contributed by atoms with Crippen molar-refractivity contribution in [1.29, 1.82) is 0 Å². The number of rotatable bonds is 0. The number of halogens is 1. The maximum atomic E-state index is 2.30. The Bertz CT molecular complexity index is 23.0. The lowest BCUT2D eigenvalue weighted by Crippen LogP contribution is -1.74. The first kappa shape index (κ1) is 9.87. The molecule has 0 unspecified atom stereocenters. The summed E-state index contributed by atoms with van der Waals surface area (Å²) in [6, 6.07) is 0. The quantitative estimate of drug-likeness (QED) is 0.437. The van der Waals surface area contributed by atoms with Crippen molar-refractivity contribution >= 4 is 19.7 Å². The molecule has 0 fully saturated rings. The molecule has 0 aliphatic rings. The smallest absolute Gasteiger partial charge is 0.0485 e. The minimum Gasteiger partial charge on any atom is -0.147 e. The van der Waals surface area contributed by atoms with Gasteiger partial charge in [0.05, 0.1) is 0 Å². The van der Waals surface area contributed by atoms with E-state index in [1.54, 1.807) is 0 Å². The first-order valence-corrected chi connectivity index (χ1v) is 5.37. The molecule has 0 amide bonds. The van der Waals surface area contributed by atoms with E-state index in [2.05, 4.69) is 26.7 Å². The van der Waals surface area contributed by atoms with Crippen LogP contribution in [0.4, 0.5) is 0 Å². The molecule has 0 rings (SSSR count). The van der Waals surface area contributed by atoms with Gasteiger partial charge >= 0.3 is 0 Å². The fourth-order valence-electron chi connectivity index (χ4n) is 0. The summed E-state index contributed by atoms with van der Waals surface area (Å²) in [5.74, 6) is 0. The highest BCUT2D eigenvalue weighted by Crippen LogP contribution is 2.40. The van der Waals surface area contributed by atoms with E-state index in [-0.39, 0.29) is 19.7 Å². The molecule has 0 bridgehead atoms. The van der Waals surface area contributed by atoms with Crippen molar-refractivity contribution in [3.63, 3.8) is 0 Å². The zero-order valence-electron chi connectivity index (χ0n) is 4.86. The Morgan fingerprint density at radius 3 is 0.833 bits per heavy atom. The molecule has 41 valence electrons. The van der Waals surface area contributed by atoms with Crippen molar-refractivity contribution in [2.75, 3.05) is 26.7 Å². The molecule has 0 aromatic carbocycles. The van der Waals surface area contributed by atoms with Crippen molar-refractivity contribution in [3.8, 4) is 0 Å². The minimum absolute atomic E-state index is 0. The van der Waals surface area contributed by atoms with Crippen molar-refractivity contribution in [1.82, 2.24) is 0 Å². The monoisotopic (exact) mass is 127 g/mol.